The van der Waals surface area contributed by atoms with E-state index in [2.05, 4.69) is 13.5 Å². The second-order valence-electron chi connectivity index (χ2n) is 5.77. The molecular formula is C17H28Na2O4. The number of hydrogen-bond acceptors (Lipinski definition) is 4. The van der Waals surface area contributed by atoms with E-state index in [9.17, 15) is 19.8 Å². The van der Waals surface area contributed by atoms with E-state index in [1.54, 1.807) is 0 Å². The maximum Gasteiger partial charge on any atom is 1.00 e. The topological polar surface area (TPSA) is 80.3 Å². The van der Waals surface area contributed by atoms with Gasteiger partial charge in [0.15, 0.2) is 0 Å². The van der Waals surface area contributed by atoms with Gasteiger partial charge in [0.1, 0.15) is 0 Å². The van der Waals surface area contributed by atoms with E-state index in [1.807, 2.05) is 0 Å². The van der Waals surface area contributed by atoms with Crippen LogP contribution < -0.4 is 69.3 Å². The van der Waals surface area contributed by atoms with Gasteiger partial charge in [0.2, 0.25) is 0 Å². The van der Waals surface area contributed by atoms with Crippen LogP contribution in [-0.4, -0.2) is 11.9 Å². The molecule has 0 saturated heterocycles. The Labute approximate surface area is 185 Å². The second-order valence-corrected chi connectivity index (χ2v) is 5.77. The Balaban J connectivity index is -0.00000200. The molecule has 0 N–H and O–H groups in total. The fourth-order valence-corrected chi connectivity index (χ4v) is 2.40. The molecule has 1 atom stereocenters. The van der Waals surface area contributed by atoms with Crippen LogP contribution in [0.3, 0.4) is 0 Å². The Bertz CT molecular complexity index is 333. The van der Waals surface area contributed by atoms with Crippen LogP contribution in [0.5, 0.6) is 0 Å². The molecule has 0 heterocycles. The first-order chi connectivity index (χ1) is 9.97. The third-order valence-corrected chi connectivity index (χ3v) is 3.67. The summed E-state index contributed by atoms with van der Waals surface area (Å²) in [5.74, 6) is -3.71. The maximum atomic E-state index is 10.8. The van der Waals surface area contributed by atoms with Crippen LogP contribution >= 0.6 is 0 Å². The molecule has 0 spiro atoms. The summed E-state index contributed by atoms with van der Waals surface area (Å²) >= 11 is 0. The molecule has 0 bridgehead atoms. The van der Waals surface area contributed by atoms with Gasteiger partial charge >= 0.3 is 59.1 Å². The van der Waals surface area contributed by atoms with Crippen molar-refractivity contribution in [3.05, 3.63) is 12.2 Å². The Hall–Kier alpha value is 0.680. The average molecular weight is 342 g/mol. The molecule has 0 saturated carbocycles. The van der Waals surface area contributed by atoms with Crippen LogP contribution in [0, 0.1) is 5.92 Å². The van der Waals surface area contributed by atoms with E-state index < -0.39 is 24.3 Å². The normalized spacial score (nSPS) is 11.0. The number of rotatable bonds is 14. The van der Waals surface area contributed by atoms with Gasteiger partial charge in [0.05, 0.1) is 0 Å². The zero-order chi connectivity index (χ0) is 16.1. The van der Waals surface area contributed by atoms with E-state index >= 15 is 0 Å². The fraction of sp³-hybridized carbons (Fsp3) is 0.765. The maximum absolute atomic E-state index is 10.8. The quantitative estimate of drug-likeness (QED) is 0.183. The first kappa shape index (κ1) is 28.5. The molecule has 122 valence electrons. The van der Waals surface area contributed by atoms with Gasteiger partial charge in [-0.3, -0.25) is 0 Å². The standard InChI is InChI=1S/C17H30O4.2Na/c1-3-4-5-6-7-8-9-10-11-14(2)12-15(17(20)21)13-16(18)19;;/h15H,2-13H2,1H3,(H,18,19)(H,20,21);;/q;2*+1/p-2. The number of unbranched alkanes of at least 4 members (excludes halogenated alkanes) is 7. The van der Waals surface area contributed by atoms with Gasteiger partial charge in [-0.1, -0.05) is 64.0 Å². The number of carboxylic acids is 2. The molecule has 0 aromatic carbocycles. The fourth-order valence-electron chi connectivity index (χ4n) is 2.40. The summed E-state index contributed by atoms with van der Waals surface area (Å²) < 4.78 is 0. The molecular weight excluding hydrogens is 314 g/mol. The minimum absolute atomic E-state index is 0. The summed E-state index contributed by atoms with van der Waals surface area (Å²) in [5, 5.41) is 21.3. The van der Waals surface area contributed by atoms with Crippen molar-refractivity contribution in [3.8, 4) is 0 Å². The van der Waals surface area contributed by atoms with Crippen LogP contribution in [0.15, 0.2) is 12.2 Å². The summed E-state index contributed by atoms with van der Waals surface area (Å²) in [6.45, 7) is 6.04. The summed E-state index contributed by atoms with van der Waals surface area (Å²) in [5.41, 5.74) is 0.788. The molecule has 0 aliphatic carbocycles. The van der Waals surface area contributed by atoms with Crippen LogP contribution in [0.1, 0.15) is 77.6 Å². The van der Waals surface area contributed by atoms with E-state index in [0.29, 0.717) is 0 Å². The largest absolute Gasteiger partial charge is 1.00 e. The van der Waals surface area contributed by atoms with Gasteiger partial charge in [0, 0.05) is 17.9 Å². The van der Waals surface area contributed by atoms with Gasteiger partial charge in [-0.2, -0.15) is 0 Å². The van der Waals surface area contributed by atoms with Crippen molar-refractivity contribution in [1.82, 2.24) is 0 Å². The minimum Gasteiger partial charge on any atom is -0.550 e. The Morgan fingerprint density at radius 1 is 0.870 bits per heavy atom. The zero-order valence-corrected chi connectivity index (χ0v) is 19.2. The van der Waals surface area contributed by atoms with Gasteiger partial charge in [-0.05, 0) is 25.7 Å². The zero-order valence-electron chi connectivity index (χ0n) is 15.2. The Morgan fingerprint density at radius 3 is 1.78 bits per heavy atom. The van der Waals surface area contributed by atoms with Gasteiger partial charge in [-0.25, -0.2) is 0 Å². The molecule has 6 heteroatoms. The van der Waals surface area contributed by atoms with Gasteiger partial charge in [0.25, 0.3) is 0 Å². The second kappa shape index (κ2) is 19.0. The number of carbonyl (C=O) groups is 2. The van der Waals surface area contributed by atoms with E-state index in [0.717, 1.165) is 24.8 Å². The molecule has 0 aliphatic rings. The van der Waals surface area contributed by atoms with Crippen molar-refractivity contribution >= 4 is 11.9 Å². The third kappa shape index (κ3) is 18.9. The van der Waals surface area contributed by atoms with E-state index in [-0.39, 0.29) is 65.5 Å². The predicted octanol–water partition coefficient (Wildman–Crippen LogP) is -4.02. The summed E-state index contributed by atoms with van der Waals surface area (Å²) in [6, 6.07) is 0. The molecule has 1 unspecified atom stereocenters. The Morgan fingerprint density at radius 2 is 1.35 bits per heavy atom. The van der Waals surface area contributed by atoms with Crippen molar-refractivity contribution in [2.24, 2.45) is 5.92 Å². The van der Waals surface area contributed by atoms with Crippen LogP contribution in [0.2, 0.25) is 0 Å². The van der Waals surface area contributed by atoms with Crippen molar-refractivity contribution in [1.29, 1.82) is 0 Å². The average Bonchev–Trinajstić information content (AvgIpc) is 2.40. The van der Waals surface area contributed by atoms with Crippen molar-refractivity contribution in [3.63, 3.8) is 0 Å². The molecule has 0 rings (SSSR count). The van der Waals surface area contributed by atoms with Crippen molar-refractivity contribution < 1.29 is 78.9 Å². The van der Waals surface area contributed by atoms with Crippen LogP contribution in [-0.2, 0) is 9.59 Å². The number of carbonyl (C=O) groups excluding carboxylic acids is 2. The number of aliphatic carboxylic acids is 2. The third-order valence-electron chi connectivity index (χ3n) is 3.67. The van der Waals surface area contributed by atoms with E-state index in [4.69, 9.17) is 0 Å². The van der Waals surface area contributed by atoms with Gasteiger partial charge in [-0.15, -0.1) is 0 Å². The monoisotopic (exact) mass is 342 g/mol. The molecule has 0 aromatic heterocycles. The van der Waals surface area contributed by atoms with Crippen molar-refractivity contribution in [2.75, 3.05) is 0 Å². The molecule has 0 aliphatic heterocycles. The molecule has 0 radical (unpaired) electrons. The molecule has 23 heavy (non-hydrogen) atoms. The first-order valence-electron chi connectivity index (χ1n) is 8.04. The van der Waals surface area contributed by atoms with Gasteiger partial charge < -0.3 is 19.8 Å². The smallest absolute Gasteiger partial charge is 0.550 e. The summed E-state index contributed by atoms with van der Waals surface area (Å²) in [4.78, 5) is 21.3. The van der Waals surface area contributed by atoms with Crippen LogP contribution in [0.4, 0.5) is 0 Å². The van der Waals surface area contributed by atoms with Crippen LogP contribution in [0.25, 0.3) is 0 Å². The SMILES string of the molecule is C=C(CCCCCCCCCC)CC(CC(=O)[O-])C(=O)[O-].[Na+].[Na+]. The molecule has 0 aromatic rings. The number of allylic oxidation sites excluding steroid dienone is 1. The van der Waals surface area contributed by atoms with Crippen molar-refractivity contribution in [2.45, 2.75) is 77.6 Å². The summed E-state index contributed by atoms with van der Waals surface area (Å²) in [6.07, 6.45) is 10.1. The Kier molecular flexibility index (Phi) is 23.5. The molecule has 0 fully saturated rings. The summed E-state index contributed by atoms with van der Waals surface area (Å²) in [7, 11) is 0. The molecule has 0 amide bonds. The molecule has 4 nitrogen and oxygen atoms in total. The number of hydrogen-bond donors (Lipinski definition) is 0. The minimum atomic E-state index is -1.36. The van der Waals surface area contributed by atoms with E-state index in [1.165, 1.54) is 38.5 Å². The first-order valence-corrected chi connectivity index (χ1v) is 8.04. The predicted molar refractivity (Wildman–Crippen MR) is 79.1 cm³/mol. The number of carboxylic acid groups (broad SMARTS) is 2.